The van der Waals surface area contributed by atoms with Crippen LogP contribution in [-0.2, 0) is 32.7 Å². The van der Waals surface area contributed by atoms with Crippen LogP contribution in [0.3, 0.4) is 0 Å². The molecule has 9 nitrogen and oxygen atoms in total. The zero-order valence-electron chi connectivity index (χ0n) is 44.6. The first-order valence-corrected chi connectivity index (χ1v) is 29.2. The van der Waals surface area contributed by atoms with Crippen molar-refractivity contribution in [3.63, 3.8) is 0 Å². The van der Waals surface area contributed by atoms with Crippen LogP contribution in [0.25, 0.3) is 0 Å². The summed E-state index contributed by atoms with van der Waals surface area (Å²) < 4.78 is 34.5. The van der Waals surface area contributed by atoms with Gasteiger partial charge in [-0.05, 0) is 83.5 Å². The summed E-state index contributed by atoms with van der Waals surface area (Å²) in [4.78, 5) is 35.6. The maximum Gasteiger partial charge on any atom is 0.472 e. The second-order valence-corrected chi connectivity index (χ2v) is 21.0. The molecule has 0 aromatic heterocycles. The van der Waals surface area contributed by atoms with E-state index in [0.717, 1.165) is 83.5 Å². The van der Waals surface area contributed by atoms with E-state index in [1.165, 1.54) is 116 Å². The van der Waals surface area contributed by atoms with Crippen molar-refractivity contribution in [1.82, 2.24) is 0 Å². The van der Waals surface area contributed by atoms with Gasteiger partial charge in [-0.15, -0.1) is 0 Å². The Morgan fingerprint density at radius 3 is 1.26 bits per heavy atom. The first-order valence-electron chi connectivity index (χ1n) is 27.7. The van der Waals surface area contributed by atoms with E-state index in [0.29, 0.717) is 17.4 Å². The molecule has 0 radical (unpaired) electrons. The number of likely N-dealkylation sites (N-methyl/N-ethyl adjacent to an activating group) is 1. The fourth-order valence-corrected chi connectivity index (χ4v) is 8.19. The number of phosphoric ester groups is 1. The number of ether oxygens (including phenoxy) is 2. The van der Waals surface area contributed by atoms with Crippen LogP contribution in [0.15, 0.2) is 72.9 Å². The minimum atomic E-state index is -4.39. The van der Waals surface area contributed by atoms with Gasteiger partial charge in [0.15, 0.2) is 6.10 Å². The molecule has 68 heavy (non-hydrogen) atoms. The van der Waals surface area contributed by atoms with Crippen LogP contribution < -0.4 is 0 Å². The third-order valence-corrected chi connectivity index (χ3v) is 12.7. The first kappa shape index (κ1) is 65.5. The van der Waals surface area contributed by atoms with Crippen LogP contribution in [0.1, 0.15) is 232 Å². The van der Waals surface area contributed by atoms with Crippen molar-refractivity contribution >= 4 is 19.8 Å². The standard InChI is InChI=1S/C58H104NO8P/c1-6-8-10-12-14-16-18-20-22-24-25-26-27-28-29-30-31-32-33-35-37-39-41-43-45-47-49-51-58(61)67-56(55-66-68(62,63)65-53-52-59(3,4)5)54-64-57(60)50-48-46-44-42-40-38-36-34-23-21-19-17-15-13-11-9-7-2/h8,10,14,16,20-23,25-26,28-29,56H,6-7,9,11-13,15,17-19,24,27,30-55H2,1-5H3/p+1/b10-8-,16-14-,22-20-,23-21-,26-25-,29-28-. The van der Waals surface area contributed by atoms with Crippen LogP contribution in [0.4, 0.5) is 0 Å². The maximum atomic E-state index is 12.8. The third kappa shape index (κ3) is 52.8. The molecule has 0 aromatic rings. The van der Waals surface area contributed by atoms with E-state index in [1.807, 2.05) is 21.1 Å². The Morgan fingerprint density at radius 2 is 0.838 bits per heavy atom. The highest BCUT2D eigenvalue weighted by atomic mass is 31.2. The fourth-order valence-electron chi connectivity index (χ4n) is 7.45. The monoisotopic (exact) mass is 975 g/mol. The van der Waals surface area contributed by atoms with Crippen molar-refractivity contribution < 1.29 is 42.1 Å². The Kier molecular flexibility index (Phi) is 47.6. The molecule has 0 fully saturated rings. The molecule has 0 aliphatic rings. The normalized spacial score (nSPS) is 13.9. The van der Waals surface area contributed by atoms with E-state index >= 15 is 0 Å². The highest BCUT2D eigenvalue weighted by Gasteiger charge is 2.27. The van der Waals surface area contributed by atoms with Crippen molar-refractivity contribution in [3.05, 3.63) is 72.9 Å². The van der Waals surface area contributed by atoms with E-state index in [-0.39, 0.29) is 32.0 Å². The number of nitrogens with zero attached hydrogens (tertiary/aromatic N) is 1. The lowest BCUT2D eigenvalue weighted by molar-refractivity contribution is -0.870. The number of carbonyl (C=O) groups excluding carboxylic acids is 2. The summed E-state index contributed by atoms with van der Waals surface area (Å²) in [5, 5.41) is 0. The number of phosphoric acid groups is 1. The Bertz CT molecular complexity index is 1380. The predicted molar refractivity (Wildman–Crippen MR) is 289 cm³/mol. The quantitative estimate of drug-likeness (QED) is 0.0211. The van der Waals surface area contributed by atoms with Gasteiger partial charge in [-0.2, -0.15) is 0 Å². The minimum absolute atomic E-state index is 0.0282. The summed E-state index contributed by atoms with van der Waals surface area (Å²) in [7, 11) is 1.47. The van der Waals surface area contributed by atoms with E-state index in [4.69, 9.17) is 18.5 Å². The molecule has 0 aliphatic carbocycles. The molecule has 394 valence electrons. The molecule has 0 saturated carbocycles. The topological polar surface area (TPSA) is 108 Å². The van der Waals surface area contributed by atoms with Crippen LogP contribution in [0, 0.1) is 0 Å². The van der Waals surface area contributed by atoms with Crippen molar-refractivity contribution in [2.45, 2.75) is 238 Å². The summed E-state index contributed by atoms with van der Waals surface area (Å²) in [6.07, 6.45) is 63.8. The number of unbranched alkanes of at least 4 members (excludes halogenated alkanes) is 24. The summed E-state index contributed by atoms with van der Waals surface area (Å²) >= 11 is 0. The molecule has 0 aromatic carbocycles. The van der Waals surface area contributed by atoms with Gasteiger partial charge >= 0.3 is 19.8 Å². The van der Waals surface area contributed by atoms with Gasteiger partial charge in [-0.3, -0.25) is 18.6 Å². The SMILES string of the molecule is CC/C=C\C/C=C\C/C=C\C/C=C\C/C=C\CCCCCCCCCCCCCC(=O)OC(COC(=O)CCCCCCCCC/C=C\CCCCCCCC)COP(=O)(O)OCC[N+](C)(C)C. The highest BCUT2D eigenvalue weighted by molar-refractivity contribution is 7.47. The molecule has 10 heteroatoms. The zero-order chi connectivity index (χ0) is 49.9. The van der Waals surface area contributed by atoms with Gasteiger partial charge in [0, 0.05) is 12.8 Å². The van der Waals surface area contributed by atoms with Crippen molar-refractivity contribution in [3.8, 4) is 0 Å². The molecule has 2 atom stereocenters. The molecule has 0 spiro atoms. The van der Waals surface area contributed by atoms with Crippen molar-refractivity contribution in [1.29, 1.82) is 0 Å². The van der Waals surface area contributed by atoms with Crippen LogP contribution in [0.5, 0.6) is 0 Å². The van der Waals surface area contributed by atoms with Gasteiger partial charge in [0.1, 0.15) is 19.8 Å². The van der Waals surface area contributed by atoms with Gasteiger partial charge in [-0.25, -0.2) is 4.57 Å². The van der Waals surface area contributed by atoms with Crippen LogP contribution >= 0.6 is 7.82 Å². The Labute approximate surface area is 418 Å². The molecule has 2 unspecified atom stereocenters. The summed E-state index contributed by atoms with van der Waals surface area (Å²) in [5.41, 5.74) is 0. The predicted octanol–water partition coefficient (Wildman–Crippen LogP) is 16.9. The Balaban J connectivity index is 4.20. The number of quaternary nitrogens is 1. The lowest BCUT2D eigenvalue weighted by Gasteiger charge is -2.24. The molecule has 1 N–H and O–H groups in total. The Hall–Kier alpha value is -2.55. The lowest BCUT2D eigenvalue weighted by Crippen LogP contribution is -2.37. The smallest absolute Gasteiger partial charge is 0.462 e. The number of carbonyl (C=O) groups is 2. The average molecular weight is 975 g/mol. The van der Waals surface area contributed by atoms with Gasteiger partial charge < -0.3 is 18.9 Å². The van der Waals surface area contributed by atoms with E-state index < -0.39 is 26.5 Å². The second-order valence-electron chi connectivity index (χ2n) is 19.6. The largest absolute Gasteiger partial charge is 0.472 e. The first-order chi connectivity index (χ1) is 33.0. The average Bonchev–Trinajstić information content (AvgIpc) is 3.30. The summed E-state index contributed by atoms with van der Waals surface area (Å²) in [6.45, 7) is 4.32. The van der Waals surface area contributed by atoms with E-state index in [2.05, 4.69) is 86.8 Å². The molecular formula is C58H105NO8P+. The zero-order valence-corrected chi connectivity index (χ0v) is 45.5. The number of rotatable bonds is 50. The molecular weight excluding hydrogens is 870 g/mol. The van der Waals surface area contributed by atoms with Gasteiger partial charge in [0.2, 0.25) is 0 Å². The van der Waals surface area contributed by atoms with Crippen molar-refractivity contribution in [2.75, 3.05) is 47.5 Å². The number of allylic oxidation sites excluding steroid dienone is 12. The number of esters is 2. The number of hydrogen-bond acceptors (Lipinski definition) is 7. The molecule has 0 saturated heterocycles. The van der Waals surface area contributed by atoms with E-state index in [9.17, 15) is 19.0 Å². The molecule has 0 bridgehead atoms. The van der Waals surface area contributed by atoms with Crippen LogP contribution in [0.2, 0.25) is 0 Å². The van der Waals surface area contributed by atoms with Gasteiger partial charge in [-0.1, -0.05) is 209 Å². The number of hydrogen-bond donors (Lipinski definition) is 1. The third-order valence-electron chi connectivity index (χ3n) is 11.7. The molecule has 0 heterocycles. The maximum absolute atomic E-state index is 12.8. The Morgan fingerprint density at radius 1 is 0.471 bits per heavy atom. The summed E-state index contributed by atoms with van der Waals surface area (Å²) in [6, 6.07) is 0. The molecule has 0 rings (SSSR count). The van der Waals surface area contributed by atoms with E-state index in [1.54, 1.807) is 0 Å². The van der Waals surface area contributed by atoms with Crippen LogP contribution in [-0.4, -0.2) is 74.9 Å². The second kappa shape index (κ2) is 49.4. The van der Waals surface area contributed by atoms with Gasteiger partial charge in [0.05, 0.1) is 27.7 Å². The molecule has 0 aliphatic heterocycles. The lowest BCUT2D eigenvalue weighted by atomic mass is 10.0. The minimum Gasteiger partial charge on any atom is -0.462 e. The van der Waals surface area contributed by atoms with Gasteiger partial charge in [0.25, 0.3) is 0 Å². The summed E-state index contributed by atoms with van der Waals surface area (Å²) in [5.74, 6) is -0.804. The fraction of sp³-hybridized carbons (Fsp3) is 0.759. The highest BCUT2D eigenvalue weighted by Crippen LogP contribution is 2.43. The van der Waals surface area contributed by atoms with Crippen molar-refractivity contribution in [2.24, 2.45) is 0 Å². The molecule has 0 amide bonds.